The van der Waals surface area contributed by atoms with E-state index in [-0.39, 0.29) is 13.1 Å². The third-order valence-corrected chi connectivity index (χ3v) is 24.9. The molecule has 116 heavy (non-hydrogen) atoms. The molecule has 9 aromatic carbocycles. The minimum Gasteiger partial charge on any atom is -0.457 e. The molecule has 2 aliphatic rings. The van der Waals surface area contributed by atoms with E-state index in [9.17, 15) is 0 Å². The number of benzene rings is 9. The van der Waals surface area contributed by atoms with Gasteiger partial charge in [-0.05, 0) is 159 Å². The van der Waals surface area contributed by atoms with Gasteiger partial charge in [0, 0.05) is 56.2 Å². The molecule has 0 radical (unpaired) electrons. The molecule has 0 atom stereocenters. The first kappa shape index (κ1) is 88.6. The van der Waals surface area contributed by atoms with Gasteiger partial charge in [-0.3, -0.25) is 29.0 Å². The van der Waals surface area contributed by atoms with Gasteiger partial charge >= 0.3 is 0 Å². The predicted octanol–water partition coefficient (Wildman–Crippen LogP) is 32.3. The molecule has 0 fully saturated rings. The van der Waals surface area contributed by atoms with Crippen molar-refractivity contribution in [1.82, 2.24) is 9.80 Å². The molecule has 0 aromatic heterocycles. The molecule has 0 unspecified atom stereocenters. The molecule has 0 spiro atoms. The van der Waals surface area contributed by atoms with Gasteiger partial charge in [0.05, 0.1) is 22.3 Å². The second-order valence-corrected chi connectivity index (χ2v) is 34.3. The zero-order valence-corrected chi connectivity index (χ0v) is 72.5. The number of fused-ring (bicyclic) bond motifs is 2. The zero-order valence-electron chi connectivity index (χ0n) is 72.5. The molecule has 0 saturated heterocycles. The van der Waals surface area contributed by atoms with E-state index in [1.165, 1.54) is 263 Å². The third-order valence-electron chi connectivity index (χ3n) is 24.9. The van der Waals surface area contributed by atoms with E-state index in [2.05, 4.69) is 90.1 Å². The number of hydrogen-bond donors (Lipinski definition) is 0. The van der Waals surface area contributed by atoms with Crippen LogP contribution in [0.4, 0.5) is 0 Å². The Morgan fingerprint density at radius 1 is 0.198 bits per heavy atom. The summed E-state index contributed by atoms with van der Waals surface area (Å²) in [5, 5.41) is 4.21. The van der Waals surface area contributed by atoms with Crippen LogP contribution < -0.4 is 18.9 Å². The van der Waals surface area contributed by atoms with Gasteiger partial charge in [-0.15, -0.1) is 0 Å². The zero-order chi connectivity index (χ0) is 81.1. The summed E-state index contributed by atoms with van der Waals surface area (Å²) < 4.78 is 29.9. The minimum absolute atomic E-state index is 0.237. The lowest BCUT2D eigenvalue weighted by molar-refractivity contribution is 0.0592. The Hall–Kier alpha value is -8.24. The summed E-state index contributed by atoms with van der Waals surface area (Å²) in [6, 6.07) is 40.8. The quantitative estimate of drug-likeness (QED) is 0.0160. The van der Waals surface area contributed by atoms with Crippen LogP contribution in [0.1, 0.15) is 401 Å². The summed E-state index contributed by atoms with van der Waals surface area (Å²) in [4.78, 5) is 66.3. The molecule has 10 heteroatoms. The van der Waals surface area contributed by atoms with Crippen molar-refractivity contribution in [2.24, 2.45) is 0 Å². The van der Waals surface area contributed by atoms with Gasteiger partial charge in [0.15, 0.2) is 0 Å². The van der Waals surface area contributed by atoms with Gasteiger partial charge in [-0.1, -0.05) is 347 Å². The summed E-state index contributed by atoms with van der Waals surface area (Å²) >= 11 is 0. The second-order valence-electron chi connectivity index (χ2n) is 34.3. The van der Waals surface area contributed by atoms with Crippen molar-refractivity contribution in [1.29, 1.82) is 0 Å². The van der Waals surface area contributed by atoms with Crippen LogP contribution in [0, 0.1) is 0 Å². The molecule has 0 bridgehead atoms. The third kappa shape index (κ3) is 24.5. The average Bonchev–Trinajstić information content (AvgIpc) is 0.672. The molecule has 2 aliphatic heterocycles. The number of carbonyl (C=O) groups is 4. The van der Waals surface area contributed by atoms with Crippen LogP contribution in [0.2, 0.25) is 0 Å². The highest BCUT2D eigenvalue weighted by atomic mass is 16.5. The lowest BCUT2D eigenvalue weighted by Gasteiger charge is -2.32. The lowest BCUT2D eigenvalue weighted by atomic mass is 9.80. The minimum atomic E-state index is -0.404. The maximum absolute atomic E-state index is 15.9. The van der Waals surface area contributed by atoms with Crippen LogP contribution in [-0.4, -0.2) is 46.5 Å². The molecular weight excluding hydrogens is 1430 g/mol. The monoisotopic (exact) mass is 1570 g/mol. The van der Waals surface area contributed by atoms with Crippen LogP contribution in [-0.2, 0) is 25.7 Å². The number of imide groups is 2. The lowest BCUT2D eigenvalue weighted by Crippen LogP contribution is -2.41. The Morgan fingerprint density at radius 2 is 0.371 bits per heavy atom. The molecule has 624 valence electrons. The van der Waals surface area contributed by atoms with Crippen molar-refractivity contribution in [3.8, 4) is 46.0 Å². The standard InChI is InChI=1S/C106H142N2O8/c1-7-13-19-23-27-31-35-39-43-47-53-79-57-65-83(66-58-79)113-91-75-87-95-88(104(110)107(103(87)109)73-51-17-11-5)77-93(115-85-69-61-81(62-70-85)55-49-45-41-37-33-29-25-21-15-9-3)99-100-94(116-86-71-63-82(64-72-86)56-50-46-42-38-34-30-26-22-16-10-4)78-90-96-89(105(111)108(106(90)112)74-52-18-12-6)76-92(98(102(96)100)97(91)101(95)99)114-84-67-59-80(60-68-84)54-48-44-40-36-32-28-24-20-14-8-2/h57-72,75-78H,7-56,73-74H2,1-6H3. The van der Waals surface area contributed by atoms with Gasteiger partial charge < -0.3 is 18.9 Å². The van der Waals surface area contributed by atoms with E-state index in [1.807, 2.05) is 72.8 Å². The van der Waals surface area contributed by atoms with Crippen molar-refractivity contribution in [2.45, 2.75) is 363 Å². The van der Waals surface area contributed by atoms with Crippen LogP contribution >= 0.6 is 0 Å². The molecule has 0 aliphatic carbocycles. The molecule has 4 amide bonds. The van der Waals surface area contributed by atoms with E-state index in [1.54, 1.807) is 0 Å². The average molecular weight is 1570 g/mol. The number of carbonyl (C=O) groups excluding carboxylic acids is 4. The molecule has 0 N–H and O–H groups in total. The highest BCUT2D eigenvalue weighted by Crippen LogP contribution is 2.58. The summed E-state index contributed by atoms with van der Waals surface area (Å²) in [5.74, 6) is 2.04. The van der Waals surface area contributed by atoms with E-state index in [0.29, 0.717) is 124 Å². The largest absolute Gasteiger partial charge is 0.457 e. The van der Waals surface area contributed by atoms with E-state index < -0.39 is 23.6 Å². The highest BCUT2D eigenvalue weighted by molar-refractivity contribution is 6.44. The topological polar surface area (TPSA) is 112 Å². The summed E-state index contributed by atoms with van der Waals surface area (Å²) in [6.07, 6.45) is 59.3. The molecule has 10 nitrogen and oxygen atoms in total. The Kier molecular flexibility index (Phi) is 36.6. The van der Waals surface area contributed by atoms with Crippen molar-refractivity contribution in [3.05, 3.63) is 166 Å². The van der Waals surface area contributed by atoms with Gasteiger partial charge in [-0.25, -0.2) is 0 Å². The fourth-order valence-corrected chi connectivity index (χ4v) is 18.0. The number of unbranched alkanes of at least 4 members (excludes halogenated alkanes) is 40. The van der Waals surface area contributed by atoms with Crippen molar-refractivity contribution in [2.75, 3.05) is 13.1 Å². The molecule has 9 aromatic rings. The van der Waals surface area contributed by atoms with Crippen molar-refractivity contribution < 1.29 is 38.1 Å². The normalized spacial score (nSPS) is 12.8. The van der Waals surface area contributed by atoms with Gasteiger partial charge in [0.25, 0.3) is 23.6 Å². The Morgan fingerprint density at radius 3 is 0.560 bits per heavy atom. The first-order chi connectivity index (χ1) is 57.1. The Balaban J connectivity index is 1.08. The van der Waals surface area contributed by atoms with Gasteiger partial charge in [0.2, 0.25) is 0 Å². The number of amides is 4. The Bertz CT molecular complexity index is 3940. The van der Waals surface area contributed by atoms with Crippen molar-refractivity contribution >= 4 is 66.7 Å². The van der Waals surface area contributed by atoms with E-state index in [0.717, 1.165) is 77.0 Å². The number of aryl methyl sites for hydroxylation is 4. The van der Waals surface area contributed by atoms with Crippen LogP contribution in [0.15, 0.2) is 121 Å². The van der Waals surface area contributed by atoms with Crippen LogP contribution in [0.3, 0.4) is 0 Å². The maximum Gasteiger partial charge on any atom is 0.261 e. The second kappa shape index (κ2) is 48.0. The summed E-state index contributed by atoms with van der Waals surface area (Å²) in [6.45, 7) is 13.8. The van der Waals surface area contributed by atoms with Gasteiger partial charge in [-0.2, -0.15) is 0 Å². The predicted molar refractivity (Wildman–Crippen MR) is 486 cm³/mol. The molecular formula is C106H142N2O8. The van der Waals surface area contributed by atoms with Gasteiger partial charge in [0.1, 0.15) is 46.0 Å². The summed E-state index contributed by atoms with van der Waals surface area (Å²) in [7, 11) is 0. The van der Waals surface area contributed by atoms with E-state index >= 15 is 19.2 Å². The highest BCUT2D eigenvalue weighted by Gasteiger charge is 2.41. The summed E-state index contributed by atoms with van der Waals surface area (Å²) in [5.41, 5.74) is 6.19. The number of hydrogen-bond acceptors (Lipinski definition) is 8. The van der Waals surface area contributed by atoms with Crippen LogP contribution in [0.5, 0.6) is 46.0 Å². The SMILES string of the molecule is CCCCCCCCCCCCc1ccc(Oc2cc3c4c(cc(Oc5ccc(CCCCCCCCCCCC)cc5)c5c6c(Oc7ccc(CCCCCCCCCCCC)cc7)cc7c8c(cc(Oc9ccc(CCCCCCCCCCCC)cc9)c(c2c45)c86)C(=O)N(CCCCC)C7=O)C(=O)N(CCCCC)C3=O)cc1. The number of rotatable bonds is 60. The maximum atomic E-state index is 15.9. The fourth-order valence-electron chi connectivity index (χ4n) is 18.0. The molecule has 2 heterocycles. The smallest absolute Gasteiger partial charge is 0.261 e. The first-order valence-corrected chi connectivity index (χ1v) is 47.2. The fraction of sp³-hybridized carbons (Fsp3) is 0.547. The van der Waals surface area contributed by atoms with Crippen molar-refractivity contribution in [3.63, 3.8) is 0 Å². The first-order valence-electron chi connectivity index (χ1n) is 47.2. The molecule has 0 saturated carbocycles. The van der Waals surface area contributed by atoms with Crippen LogP contribution in [0.25, 0.3) is 43.1 Å². The number of ether oxygens (including phenoxy) is 4. The molecule has 11 rings (SSSR count). The number of nitrogens with zero attached hydrogens (tertiary/aromatic N) is 2. The van der Waals surface area contributed by atoms with E-state index in [4.69, 9.17) is 18.9 Å². The Labute approximate surface area is 698 Å².